The summed E-state index contributed by atoms with van der Waals surface area (Å²) in [6, 6.07) is 11.0. The lowest BCUT2D eigenvalue weighted by atomic mass is 10.0. The van der Waals surface area contributed by atoms with Gasteiger partial charge in [0.25, 0.3) is 5.91 Å². The summed E-state index contributed by atoms with van der Waals surface area (Å²) < 4.78 is 32.7. The van der Waals surface area contributed by atoms with Crippen LogP contribution in [0.2, 0.25) is 0 Å². The molecule has 1 heterocycles. The van der Waals surface area contributed by atoms with E-state index in [1.807, 2.05) is 24.3 Å². The molecule has 24 heavy (non-hydrogen) atoms. The summed E-state index contributed by atoms with van der Waals surface area (Å²) in [5.41, 5.74) is 3.13. The Hall–Kier alpha value is -2.42. The Morgan fingerprint density at radius 2 is 1.88 bits per heavy atom. The minimum Gasteiger partial charge on any atom is -0.457 e. The molecule has 0 unspecified atom stereocenters. The van der Waals surface area contributed by atoms with Gasteiger partial charge in [0, 0.05) is 12.0 Å². The van der Waals surface area contributed by atoms with Crippen LogP contribution in [0.4, 0.5) is 0 Å². The van der Waals surface area contributed by atoms with Crippen molar-refractivity contribution in [3.8, 4) is 11.5 Å². The highest BCUT2D eigenvalue weighted by atomic mass is 32.2. The van der Waals surface area contributed by atoms with Crippen molar-refractivity contribution in [1.82, 2.24) is 10.2 Å². The van der Waals surface area contributed by atoms with Crippen LogP contribution in [-0.4, -0.2) is 25.6 Å². The van der Waals surface area contributed by atoms with Gasteiger partial charge in [-0.1, -0.05) is 18.2 Å². The molecular formula is C16H16N2O5S. The van der Waals surface area contributed by atoms with E-state index in [1.165, 1.54) is 24.5 Å². The topological polar surface area (TPSA) is 105 Å². The Balaban J connectivity index is 1.88. The van der Waals surface area contributed by atoms with Crippen LogP contribution in [0, 0.1) is 0 Å². The second kappa shape index (κ2) is 6.23. The van der Waals surface area contributed by atoms with Crippen LogP contribution in [0.1, 0.15) is 18.1 Å². The number of ether oxygens (including phenoxy) is 1. The first-order valence-electron chi connectivity index (χ1n) is 7.25. The Morgan fingerprint density at radius 3 is 2.62 bits per heavy atom. The van der Waals surface area contributed by atoms with Gasteiger partial charge >= 0.3 is 0 Å². The number of carbonyl (C=O) groups is 1. The van der Waals surface area contributed by atoms with Gasteiger partial charge in [0.1, 0.15) is 17.5 Å². The van der Waals surface area contributed by atoms with E-state index in [-0.39, 0.29) is 4.90 Å². The number of hydroxylamine groups is 1. The van der Waals surface area contributed by atoms with Gasteiger partial charge in [-0.15, -0.1) is 0 Å². The van der Waals surface area contributed by atoms with E-state index in [1.54, 1.807) is 6.07 Å². The van der Waals surface area contributed by atoms with Gasteiger partial charge < -0.3 is 4.74 Å². The van der Waals surface area contributed by atoms with Crippen molar-refractivity contribution in [2.75, 3.05) is 0 Å². The van der Waals surface area contributed by atoms with Crippen LogP contribution in [0.15, 0.2) is 47.4 Å². The van der Waals surface area contributed by atoms with Crippen molar-refractivity contribution in [2.24, 2.45) is 0 Å². The van der Waals surface area contributed by atoms with Gasteiger partial charge in [0.2, 0.25) is 10.0 Å². The Kier molecular flexibility index (Phi) is 4.27. The van der Waals surface area contributed by atoms with Gasteiger partial charge in [-0.2, -0.15) is 4.72 Å². The fourth-order valence-electron chi connectivity index (χ4n) is 2.48. The van der Waals surface area contributed by atoms with Gasteiger partial charge in [0.05, 0.1) is 4.90 Å². The zero-order valence-corrected chi connectivity index (χ0v) is 13.6. The maximum Gasteiger partial charge on any atom is 0.261 e. The lowest BCUT2D eigenvalue weighted by molar-refractivity contribution is -0.130. The number of amides is 1. The van der Waals surface area contributed by atoms with E-state index in [2.05, 4.69) is 4.72 Å². The standard InChI is InChI=1S/C16H16N2O5S/c1-10(16(19)17-20)18-24(21,22)13-6-7-15-12(9-13)8-11-4-2-3-5-14(11)23-15/h2-7,9-10,18,20H,8H2,1H3,(H,17,19)/t10-/m0/s1. The molecular weight excluding hydrogens is 332 g/mol. The second-order valence-electron chi connectivity index (χ2n) is 5.48. The number of hydrogen-bond acceptors (Lipinski definition) is 5. The molecule has 126 valence electrons. The molecule has 0 saturated heterocycles. The van der Waals surface area contributed by atoms with Crippen molar-refractivity contribution in [1.29, 1.82) is 0 Å². The molecule has 0 bridgehead atoms. The summed E-state index contributed by atoms with van der Waals surface area (Å²) in [7, 11) is -3.90. The third kappa shape index (κ3) is 3.12. The lowest BCUT2D eigenvalue weighted by Gasteiger charge is -2.21. The van der Waals surface area contributed by atoms with Crippen LogP contribution in [0.3, 0.4) is 0 Å². The minimum atomic E-state index is -3.90. The molecule has 7 nitrogen and oxygen atoms in total. The van der Waals surface area contributed by atoms with Crippen LogP contribution in [0.25, 0.3) is 0 Å². The van der Waals surface area contributed by atoms with E-state index in [9.17, 15) is 13.2 Å². The first kappa shape index (κ1) is 16.4. The molecule has 2 aromatic rings. The van der Waals surface area contributed by atoms with Crippen LogP contribution >= 0.6 is 0 Å². The molecule has 1 aliphatic rings. The van der Waals surface area contributed by atoms with Gasteiger partial charge in [-0.3, -0.25) is 10.0 Å². The fraction of sp³-hybridized carbons (Fsp3) is 0.188. The molecule has 0 saturated carbocycles. The van der Waals surface area contributed by atoms with E-state index >= 15 is 0 Å². The van der Waals surface area contributed by atoms with E-state index in [0.29, 0.717) is 12.2 Å². The fourth-order valence-corrected chi connectivity index (χ4v) is 3.74. The Labute approximate surface area is 139 Å². The molecule has 8 heteroatoms. The van der Waals surface area contributed by atoms with Crippen molar-refractivity contribution >= 4 is 15.9 Å². The number of carbonyl (C=O) groups excluding carboxylic acids is 1. The molecule has 1 amide bonds. The SMILES string of the molecule is C[C@H](NS(=O)(=O)c1ccc2c(c1)Cc1ccccc1O2)C(=O)NO. The molecule has 0 aliphatic carbocycles. The second-order valence-corrected chi connectivity index (χ2v) is 7.19. The molecule has 0 radical (unpaired) electrons. The largest absolute Gasteiger partial charge is 0.457 e. The Bertz CT molecular complexity index is 895. The zero-order valence-electron chi connectivity index (χ0n) is 12.8. The third-order valence-corrected chi connectivity index (χ3v) is 5.29. The maximum absolute atomic E-state index is 12.4. The number of para-hydroxylation sites is 1. The lowest BCUT2D eigenvalue weighted by Crippen LogP contribution is -2.43. The first-order chi connectivity index (χ1) is 11.4. The molecule has 3 rings (SSSR count). The van der Waals surface area contributed by atoms with Crippen LogP contribution < -0.4 is 14.9 Å². The molecule has 1 aliphatic heterocycles. The smallest absolute Gasteiger partial charge is 0.261 e. The maximum atomic E-state index is 12.4. The van der Waals surface area contributed by atoms with Crippen LogP contribution in [0.5, 0.6) is 11.5 Å². The molecule has 3 N–H and O–H groups in total. The van der Waals surface area contributed by atoms with Gasteiger partial charge in [-0.25, -0.2) is 13.9 Å². The van der Waals surface area contributed by atoms with Crippen molar-refractivity contribution in [3.63, 3.8) is 0 Å². The molecule has 0 aromatic heterocycles. The van der Waals surface area contributed by atoms with E-state index in [4.69, 9.17) is 9.94 Å². The third-order valence-electron chi connectivity index (χ3n) is 3.75. The van der Waals surface area contributed by atoms with Crippen molar-refractivity contribution in [3.05, 3.63) is 53.6 Å². The predicted octanol–water partition coefficient (Wildman–Crippen LogP) is 1.56. The molecule has 1 atom stereocenters. The van der Waals surface area contributed by atoms with E-state index in [0.717, 1.165) is 16.9 Å². The van der Waals surface area contributed by atoms with E-state index < -0.39 is 22.0 Å². The highest BCUT2D eigenvalue weighted by molar-refractivity contribution is 7.89. The summed E-state index contributed by atoms with van der Waals surface area (Å²) >= 11 is 0. The number of rotatable bonds is 4. The van der Waals surface area contributed by atoms with Crippen molar-refractivity contribution < 1.29 is 23.2 Å². The predicted molar refractivity (Wildman–Crippen MR) is 85.5 cm³/mol. The van der Waals surface area contributed by atoms with Crippen LogP contribution in [-0.2, 0) is 21.2 Å². The summed E-state index contributed by atoms with van der Waals surface area (Å²) in [4.78, 5) is 11.3. The number of fused-ring (bicyclic) bond motifs is 2. The quantitative estimate of drug-likeness (QED) is 0.490. The number of sulfonamides is 1. The summed E-state index contributed by atoms with van der Waals surface area (Å²) in [6.07, 6.45) is 0.557. The zero-order chi connectivity index (χ0) is 17.3. The normalized spacial score (nSPS) is 14.1. The highest BCUT2D eigenvalue weighted by Crippen LogP contribution is 2.37. The monoisotopic (exact) mass is 348 g/mol. The number of hydrogen-bond donors (Lipinski definition) is 3. The molecule has 2 aromatic carbocycles. The van der Waals surface area contributed by atoms with Gasteiger partial charge in [-0.05, 0) is 36.8 Å². The Morgan fingerprint density at radius 1 is 1.17 bits per heavy atom. The average Bonchev–Trinajstić information content (AvgIpc) is 2.58. The first-order valence-corrected chi connectivity index (χ1v) is 8.74. The summed E-state index contributed by atoms with van der Waals surface area (Å²) in [5, 5.41) is 8.57. The number of benzene rings is 2. The van der Waals surface area contributed by atoms with Crippen molar-refractivity contribution in [2.45, 2.75) is 24.3 Å². The number of nitrogens with one attached hydrogen (secondary N) is 2. The average molecular weight is 348 g/mol. The van der Waals surface area contributed by atoms with Gasteiger partial charge in [0.15, 0.2) is 0 Å². The summed E-state index contributed by atoms with van der Waals surface area (Å²) in [5.74, 6) is 0.523. The highest BCUT2D eigenvalue weighted by Gasteiger charge is 2.24. The minimum absolute atomic E-state index is 0.0295. The summed E-state index contributed by atoms with van der Waals surface area (Å²) in [6.45, 7) is 1.33. The molecule has 0 spiro atoms. The molecule has 0 fully saturated rings.